The maximum atomic E-state index is 12.3. The van der Waals surface area contributed by atoms with Gasteiger partial charge < -0.3 is 20.5 Å². The SMILES string of the molecule is CC1(C)C(/C=C/C=C/C=C2/N(CCCCCC(=O)NCCCN)c3ccc(S(=O)(=O)O)cc3C2(C)CCCCS(=O)(=O)O)=Nc2c1cc(Cl)c[n+]2CCCS(=O)(=O)[O-]. The number of aliphatic imine (C=N–C) groups is 1. The number of pyridine rings is 1. The maximum Gasteiger partial charge on any atom is 0.327 e. The fraction of sp³-hybridized carbons (Fsp3) is 0.513. The molecule has 1 atom stereocenters. The number of hydrogen-bond acceptors (Lipinski definition) is 11. The minimum Gasteiger partial charge on any atom is -0.748 e. The second kappa shape index (κ2) is 19.7. The Bertz CT molecular complexity index is 2290. The van der Waals surface area contributed by atoms with Crippen LogP contribution in [0.25, 0.3) is 0 Å². The summed E-state index contributed by atoms with van der Waals surface area (Å²) in [6.45, 7) is 7.70. The van der Waals surface area contributed by atoms with Crippen molar-refractivity contribution in [2.75, 3.05) is 36.0 Å². The smallest absolute Gasteiger partial charge is 0.327 e. The van der Waals surface area contributed by atoms with E-state index in [9.17, 15) is 43.7 Å². The first-order chi connectivity index (χ1) is 27.1. The van der Waals surface area contributed by atoms with E-state index in [2.05, 4.69) is 10.2 Å². The molecule has 1 unspecified atom stereocenters. The summed E-state index contributed by atoms with van der Waals surface area (Å²) in [6.07, 6.45) is 15.1. The van der Waals surface area contributed by atoms with Crippen LogP contribution in [0.4, 0.5) is 11.5 Å². The predicted molar refractivity (Wildman–Crippen MR) is 224 cm³/mol. The number of benzene rings is 1. The third-order valence-corrected chi connectivity index (χ3v) is 13.1. The van der Waals surface area contributed by atoms with Gasteiger partial charge in [0.05, 0.1) is 43.3 Å². The number of fused-ring (bicyclic) bond motifs is 2. The van der Waals surface area contributed by atoms with Crippen molar-refractivity contribution in [2.24, 2.45) is 10.7 Å². The number of carbonyl (C=O) groups excluding carboxylic acids is 1. The fourth-order valence-corrected chi connectivity index (χ4v) is 9.16. The lowest BCUT2D eigenvalue weighted by Gasteiger charge is -2.30. The Morgan fingerprint density at radius 1 is 0.948 bits per heavy atom. The van der Waals surface area contributed by atoms with Crippen LogP contribution in [0.3, 0.4) is 0 Å². The van der Waals surface area contributed by atoms with E-state index in [1.165, 1.54) is 12.1 Å². The fourth-order valence-electron chi connectivity index (χ4n) is 7.38. The van der Waals surface area contributed by atoms with Gasteiger partial charge in [0.2, 0.25) is 5.91 Å². The highest BCUT2D eigenvalue weighted by Crippen LogP contribution is 2.51. The van der Waals surface area contributed by atoms with Crippen LogP contribution in [-0.2, 0) is 52.5 Å². The Labute approximate surface area is 347 Å². The van der Waals surface area contributed by atoms with Crippen molar-refractivity contribution in [3.63, 3.8) is 0 Å². The van der Waals surface area contributed by atoms with Crippen molar-refractivity contribution >= 4 is 65.1 Å². The molecule has 0 saturated heterocycles. The Balaban J connectivity index is 1.64. The van der Waals surface area contributed by atoms with Gasteiger partial charge in [-0.15, -0.1) is 0 Å². The van der Waals surface area contributed by atoms with E-state index in [1.807, 2.05) is 57.2 Å². The number of allylic oxidation sites excluding steroid dienone is 6. The van der Waals surface area contributed by atoms with Gasteiger partial charge in [0.25, 0.3) is 20.2 Å². The lowest BCUT2D eigenvalue weighted by molar-refractivity contribution is -0.684. The van der Waals surface area contributed by atoms with E-state index in [0.29, 0.717) is 74.6 Å². The number of halogens is 1. The van der Waals surface area contributed by atoms with Gasteiger partial charge in [0, 0.05) is 42.1 Å². The molecule has 1 aromatic heterocycles. The highest BCUT2D eigenvalue weighted by atomic mass is 35.5. The molecule has 2 aromatic rings. The third-order valence-electron chi connectivity index (χ3n) is 10.5. The van der Waals surface area contributed by atoms with Gasteiger partial charge in [-0.1, -0.05) is 42.7 Å². The molecule has 5 N–H and O–H groups in total. The van der Waals surface area contributed by atoms with Crippen LogP contribution in [0.2, 0.25) is 5.02 Å². The van der Waals surface area contributed by atoms with Crippen LogP contribution in [0.5, 0.6) is 0 Å². The lowest BCUT2D eigenvalue weighted by atomic mass is 9.77. The van der Waals surface area contributed by atoms with Crippen molar-refractivity contribution in [3.05, 3.63) is 82.7 Å². The van der Waals surface area contributed by atoms with Crippen molar-refractivity contribution in [2.45, 2.75) is 101 Å². The number of unbranched alkanes of at least 4 members (excludes halogenated alkanes) is 3. The standard InChI is InChI=1S/C39H54ClN5O10S3/c1-38(2)32-26-29(40)28-44(22-13-25-57(50,51)52)37(32)43-34(38)14-6-4-7-15-35-39(3,19-9-11-24-56(47,48)49)31-27-30(58(53,54)55)17-18-33(31)45(35)23-10-5-8-16-36(46)42-21-12-20-41/h4,6-7,14-15,17-18,26-28H,5,8-13,16,19-25,41H2,1-3H3,(H3-,42,46,47,48,49,50,51,52,53,54,55). The summed E-state index contributed by atoms with van der Waals surface area (Å²) in [4.78, 5) is 18.9. The molecule has 0 bridgehead atoms. The summed E-state index contributed by atoms with van der Waals surface area (Å²) < 4.78 is 102. The van der Waals surface area contributed by atoms with Crippen LogP contribution >= 0.6 is 11.6 Å². The van der Waals surface area contributed by atoms with Gasteiger partial charge in [-0.05, 0) is 113 Å². The zero-order valence-electron chi connectivity index (χ0n) is 33.1. The highest BCUT2D eigenvalue weighted by Gasteiger charge is 2.44. The number of nitrogens with one attached hydrogen (secondary N) is 1. The van der Waals surface area contributed by atoms with Gasteiger partial charge in [-0.25, -0.2) is 13.0 Å². The molecule has 1 amide bonds. The number of amides is 1. The van der Waals surface area contributed by atoms with Gasteiger partial charge in [0.15, 0.2) is 5.71 Å². The van der Waals surface area contributed by atoms with E-state index in [0.717, 1.165) is 29.1 Å². The normalized spacial score (nSPS) is 18.7. The molecule has 0 fully saturated rings. The Kier molecular flexibility index (Phi) is 16.0. The molecule has 320 valence electrons. The van der Waals surface area contributed by atoms with E-state index in [4.69, 9.17) is 22.3 Å². The molecule has 1 aromatic carbocycles. The molecule has 15 nitrogen and oxygen atoms in total. The highest BCUT2D eigenvalue weighted by molar-refractivity contribution is 7.86. The van der Waals surface area contributed by atoms with Crippen LogP contribution in [0.15, 0.2) is 76.4 Å². The van der Waals surface area contributed by atoms with Crippen LogP contribution < -0.4 is 20.5 Å². The molecule has 58 heavy (non-hydrogen) atoms. The number of nitrogens with zero attached hydrogens (tertiary/aromatic N) is 3. The number of hydrogen-bond donors (Lipinski definition) is 4. The summed E-state index contributed by atoms with van der Waals surface area (Å²) >= 11 is 6.43. The van der Waals surface area contributed by atoms with Gasteiger partial charge >= 0.3 is 5.82 Å². The van der Waals surface area contributed by atoms with Crippen molar-refractivity contribution in [1.29, 1.82) is 0 Å². The van der Waals surface area contributed by atoms with Crippen molar-refractivity contribution in [3.8, 4) is 0 Å². The van der Waals surface area contributed by atoms with E-state index in [-0.39, 0.29) is 30.2 Å². The Hall–Kier alpha value is -3.49. The number of aromatic nitrogens is 1. The summed E-state index contributed by atoms with van der Waals surface area (Å²) in [7, 11) is -13.1. The molecule has 0 saturated carbocycles. The first-order valence-electron chi connectivity index (χ1n) is 19.2. The molecule has 3 heterocycles. The number of rotatable bonds is 22. The lowest BCUT2D eigenvalue weighted by Crippen LogP contribution is -2.36. The third kappa shape index (κ3) is 12.8. The molecular weight excluding hydrogens is 830 g/mol. The quantitative estimate of drug-likeness (QED) is 0.0527. The molecule has 4 rings (SSSR count). The molecule has 0 radical (unpaired) electrons. The summed E-state index contributed by atoms with van der Waals surface area (Å²) in [6, 6.07) is 6.27. The monoisotopic (exact) mass is 883 g/mol. The second-order valence-electron chi connectivity index (χ2n) is 15.3. The average Bonchev–Trinajstić information content (AvgIpc) is 3.50. The van der Waals surface area contributed by atoms with E-state index < -0.39 is 52.7 Å². The number of nitrogens with two attached hydrogens (primary N) is 1. The zero-order chi connectivity index (χ0) is 42.9. The summed E-state index contributed by atoms with van der Waals surface area (Å²) in [5, 5.41) is 3.30. The first kappa shape index (κ1) is 47.2. The van der Waals surface area contributed by atoms with E-state index in [1.54, 1.807) is 16.8 Å². The minimum absolute atomic E-state index is 0.0405. The largest absolute Gasteiger partial charge is 0.748 e. The van der Waals surface area contributed by atoms with Crippen molar-refractivity contribution < 1.29 is 48.3 Å². The summed E-state index contributed by atoms with van der Waals surface area (Å²) in [5.74, 6) is -0.360. The predicted octanol–water partition coefficient (Wildman–Crippen LogP) is 5.03. The number of carbonyl (C=O) groups is 1. The maximum absolute atomic E-state index is 12.3. The molecular formula is C39H54ClN5O10S3. The summed E-state index contributed by atoms with van der Waals surface area (Å²) in [5.41, 5.74) is 7.88. The van der Waals surface area contributed by atoms with Gasteiger partial charge in [-0.2, -0.15) is 16.8 Å². The molecule has 0 spiro atoms. The molecule has 0 aliphatic carbocycles. The molecule has 2 aliphatic heterocycles. The minimum atomic E-state index is -4.55. The number of anilines is 1. The molecule has 2 aliphatic rings. The second-order valence-corrected chi connectivity index (χ2v) is 20.3. The topological polar surface area (TPSA) is 241 Å². The Morgan fingerprint density at radius 3 is 2.36 bits per heavy atom. The van der Waals surface area contributed by atoms with Gasteiger partial charge in [-0.3, -0.25) is 13.9 Å². The van der Waals surface area contributed by atoms with Crippen molar-refractivity contribution in [1.82, 2.24) is 5.32 Å². The van der Waals surface area contributed by atoms with Gasteiger partial charge in [0.1, 0.15) is 6.20 Å². The average molecular weight is 885 g/mol. The Morgan fingerprint density at radius 2 is 1.69 bits per heavy atom. The molecule has 19 heteroatoms. The first-order valence-corrected chi connectivity index (χ1v) is 24.2. The van der Waals surface area contributed by atoms with Crippen LogP contribution in [-0.4, -0.2) is 81.7 Å². The van der Waals surface area contributed by atoms with Crippen LogP contribution in [0.1, 0.15) is 89.7 Å². The van der Waals surface area contributed by atoms with E-state index >= 15 is 0 Å². The number of aryl methyl sites for hydroxylation is 1. The van der Waals surface area contributed by atoms with Crippen LogP contribution in [0, 0.1) is 0 Å². The zero-order valence-corrected chi connectivity index (χ0v) is 36.3.